The smallest absolute Gasteiger partial charge is 0.283 e. The van der Waals surface area contributed by atoms with Crippen molar-refractivity contribution >= 4 is 52.3 Å². The van der Waals surface area contributed by atoms with Gasteiger partial charge in [0.25, 0.3) is 11.8 Å². The number of rotatable bonds is 5. The highest BCUT2D eigenvalue weighted by molar-refractivity contribution is 6.54. The maximum absolute atomic E-state index is 13.4. The van der Waals surface area contributed by atoms with Crippen molar-refractivity contribution in [2.75, 3.05) is 31.1 Å². The van der Waals surface area contributed by atoms with Crippen LogP contribution < -0.4 is 4.90 Å². The van der Waals surface area contributed by atoms with E-state index in [-0.39, 0.29) is 32.5 Å². The van der Waals surface area contributed by atoms with Crippen LogP contribution >= 0.6 is 34.8 Å². The lowest BCUT2D eigenvalue weighted by Crippen LogP contribution is -2.48. The molecule has 1 saturated heterocycles. The molecule has 5 rings (SSSR count). The van der Waals surface area contributed by atoms with Crippen LogP contribution in [0.25, 0.3) is 0 Å². The Hall–Kier alpha value is -2.83. The summed E-state index contributed by atoms with van der Waals surface area (Å²) in [4.78, 5) is 31.6. The molecule has 0 aromatic heterocycles. The Kier molecular flexibility index (Phi) is 6.85. The van der Waals surface area contributed by atoms with Gasteiger partial charge in [0.15, 0.2) is 0 Å². The van der Waals surface area contributed by atoms with Gasteiger partial charge in [-0.15, -0.1) is 0 Å². The average molecular weight is 527 g/mol. The van der Waals surface area contributed by atoms with E-state index in [0.29, 0.717) is 26.2 Å². The number of carbonyl (C=O) groups is 2. The molecule has 2 aliphatic heterocycles. The standard InChI is InChI=1S/C27H22Cl3N3O2/c28-20-12-7-13-21(22(20)29)33-26(34)23(30)25(27(33)35)32-16-14-31(15-17-32)24(18-8-3-1-4-9-18)19-10-5-2-6-11-19/h1-13,24H,14-17H2. The first-order valence-electron chi connectivity index (χ1n) is 11.3. The third kappa shape index (κ3) is 4.45. The summed E-state index contributed by atoms with van der Waals surface area (Å²) in [5.41, 5.74) is 2.86. The van der Waals surface area contributed by atoms with E-state index in [2.05, 4.69) is 29.2 Å². The van der Waals surface area contributed by atoms with Crippen LogP contribution in [0.2, 0.25) is 10.0 Å². The topological polar surface area (TPSA) is 43.9 Å². The van der Waals surface area contributed by atoms with E-state index in [9.17, 15) is 9.59 Å². The highest BCUT2D eigenvalue weighted by Crippen LogP contribution is 2.38. The van der Waals surface area contributed by atoms with Gasteiger partial charge in [-0.25, -0.2) is 4.90 Å². The Morgan fingerprint density at radius 3 is 1.80 bits per heavy atom. The summed E-state index contributed by atoms with van der Waals surface area (Å²) in [7, 11) is 0. The van der Waals surface area contributed by atoms with E-state index in [4.69, 9.17) is 34.8 Å². The summed E-state index contributed by atoms with van der Waals surface area (Å²) >= 11 is 18.8. The molecular weight excluding hydrogens is 505 g/mol. The molecule has 0 spiro atoms. The molecule has 35 heavy (non-hydrogen) atoms. The lowest BCUT2D eigenvalue weighted by atomic mass is 9.96. The zero-order valence-corrected chi connectivity index (χ0v) is 21.0. The Morgan fingerprint density at radius 1 is 0.657 bits per heavy atom. The van der Waals surface area contributed by atoms with Crippen LogP contribution in [0.4, 0.5) is 5.69 Å². The minimum absolute atomic E-state index is 0.0895. The zero-order chi connectivity index (χ0) is 24.5. The van der Waals surface area contributed by atoms with E-state index >= 15 is 0 Å². The number of hydrogen-bond acceptors (Lipinski definition) is 4. The minimum atomic E-state index is -0.593. The van der Waals surface area contributed by atoms with Crippen molar-refractivity contribution < 1.29 is 9.59 Å². The predicted molar refractivity (Wildman–Crippen MR) is 140 cm³/mol. The van der Waals surface area contributed by atoms with E-state index in [1.165, 1.54) is 11.1 Å². The number of halogens is 3. The highest BCUT2D eigenvalue weighted by Gasteiger charge is 2.43. The molecule has 2 aliphatic rings. The number of amides is 2. The molecule has 0 bridgehead atoms. The molecule has 0 saturated carbocycles. The molecule has 2 amide bonds. The van der Waals surface area contributed by atoms with Gasteiger partial charge in [-0.3, -0.25) is 14.5 Å². The molecule has 0 aliphatic carbocycles. The first-order chi connectivity index (χ1) is 17.0. The van der Waals surface area contributed by atoms with E-state index in [1.807, 2.05) is 41.3 Å². The van der Waals surface area contributed by atoms with Gasteiger partial charge >= 0.3 is 0 Å². The monoisotopic (exact) mass is 525 g/mol. The predicted octanol–water partition coefficient (Wildman–Crippen LogP) is 5.72. The SMILES string of the molecule is O=C1C(Cl)=C(N2CCN(C(c3ccccc3)c3ccccc3)CC2)C(=O)N1c1cccc(Cl)c1Cl. The van der Waals surface area contributed by atoms with Gasteiger partial charge in [-0.2, -0.15) is 0 Å². The number of hydrogen-bond donors (Lipinski definition) is 0. The fraction of sp³-hybridized carbons (Fsp3) is 0.185. The fourth-order valence-corrected chi connectivity index (χ4v) is 5.40. The number of anilines is 1. The molecule has 178 valence electrons. The van der Waals surface area contributed by atoms with Crippen LogP contribution in [0.3, 0.4) is 0 Å². The molecule has 0 atom stereocenters. The van der Waals surface area contributed by atoms with Gasteiger partial charge in [0, 0.05) is 26.2 Å². The Bertz CT molecular complexity index is 1250. The number of carbonyl (C=O) groups excluding carboxylic acids is 2. The Morgan fingerprint density at radius 2 is 1.23 bits per heavy atom. The molecule has 3 aromatic carbocycles. The van der Waals surface area contributed by atoms with Crippen LogP contribution in [-0.2, 0) is 9.59 Å². The molecular formula is C27H22Cl3N3O2. The molecule has 3 aromatic rings. The van der Waals surface area contributed by atoms with Gasteiger partial charge in [0.1, 0.15) is 10.7 Å². The summed E-state index contributed by atoms with van der Waals surface area (Å²) in [6.07, 6.45) is 0. The molecule has 0 radical (unpaired) electrons. The van der Waals surface area contributed by atoms with Crippen LogP contribution in [0.1, 0.15) is 17.2 Å². The summed E-state index contributed by atoms with van der Waals surface area (Å²) in [5.74, 6) is -1.08. The van der Waals surface area contributed by atoms with Crippen LogP contribution in [0.5, 0.6) is 0 Å². The minimum Gasteiger partial charge on any atom is -0.363 e. The maximum Gasteiger partial charge on any atom is 0.283 e. The van der Waals surface area contributed by atoms with E-state index < -0.39 is 11.8 Å². The lowest BCUT2D eigenvalue weighted by molar-refractivity contribution is -0.121. The van der Waals surface area contributed by atoms with Crippen molar-refractivity contribution in [3.8, 4) is 0 Å². The Balaban J connectivity index is 1.37. The summed E-state index contributed by atoms with van der Waals surface area (Å²) in [6, 6.07) is 25.7. The molecule has 2 heterocycles. The quantitative estimate of drug-likeness (QED) is 0.399. The van der Waals surface area contributed by atoms with Crippen molar-refractivity contribution in [1.29, 1.82) is 0 Å². The van der Waals surface area contributed by atoms with E-state index in [0.717, 1.165) is 4.90 Å². The van der Waals surface area contributed by atoms with Gasteiger partial charge in [-0.05, 0) is 23.3 Å². The molecule has 5 nitrogen and oxygen atoms in total. The normalized spacial score (nSPS) is 17.1. The zero-order valence-electron chi connectivity index (χ0n) is 18.7. The summed E-state index contributed by atoms with van der Waals surface area (Å²) in [6.45, 7) is 2.50. The summed E-state index contributed by atoms with van der Waals surface area (Å²) < 4.78 is 0. The van der Waals surface area contributed by atoms with Crippen molar-refractivity contribution in [2.45, 2.75) is 6.04 Å². The first-order valence-corrected chi connectivity index (χ1v) is 12.4. The van der Waals surface area contributed by atoms with Gasteiger partial charge < -0.3 is 4.90 Å². The second-order valence-corrected chi connectivity index (χ2v) is 9.59. The Labute approximate surface area is 219 Å². The third-order valence-corrected chi connectivity index (χ3v) is 7.55. The molecule has 1 fully saturated rings. The van der Waals surface area contributed by atoms with Crippen LogP contribution in [0.15, 0.2) is 89.6 Å². The molecule has 8 heteroatoms. The van der Waals surface area contributed by atoms with Crippen LogP contribution in [-0.4, -0.2) is 47.8 Å². The van der Waals surface area contributed by atoms with Gasteiger partial charge in [0.05, 0.1) is 21.8 Å². The maximum atomic E-state index is 13.4. The summed E-state index contributed by atoms with van der Waals surface area (Å²) in [5, 5.41) is 0.304. The number of imide groups is 1. The average Bonchev–Trinajstić information content (AvgIpc) is 3.11. The van der Waals surface area contributed by atoms with Crippen molar-refractivity contribution in [2.24, 2.45) is 0 Å². The van der Waals surface area contributed by atoms with Gasteiger partial charge in [-0.1, -0.05) is 102 Å². The van der Waals surface area contributed by atoms with Crippen molar-refractivity contribution in [3.05, 3.63) is 111 Å². The first kappa shape index (κ1) is 23.9. The number of piperazine rings is 1. The van der Waals surface area contributed by atoms with Gasteiger partial charge in [0.2, 0.25) is 0 Å². The number of nitrogens with zero attached hydrogens (tertiary/aromatic N) is 3. The number of benzene rings is 3. The molecule has 0 N–H and O–H groups in total. The third-order valence-electron chi connectivity index (χ3n) is 6.40. The second-order valence-electron chi connectivity index (χ2n) is 8.43. The van der Waals surface area contributed by atoms with Crippen LogP contribution in [0, 0.1) is 0 Å². The largest absolute Gasteiger partial charge is 0.363 e. The molecule has 0 unspecified atom stereocenters. The second kappa shape index (κ2) is 10.0. The van der Waals surface area contributed by atoms with Crippen molar-refractivity contribution in [3.63, 3.8) is 0 Å². The van der Waals surface area contributed by atoms with Crippen molar-refractivity contribution in [1.82, 2.24) is 9.80 Å². The van der Waals surface area contributed by atoms with E-state index in [1.54, 1.807) is 18.2 Å². The highest BCUT2D eigenvalue weighted by atomic mass is 35.5. The fourth-order valence-electron chi connectivity index (χ4n) is 4.74. The lowest BCUT2D eigenvalue weighted by Gasteiger charge is -2.40.